The van der Waals surface area contributed by atoms with Crippen LogP contribution in [0.2, 0.25) is 0 Å². The quantitative estimate of drug-likeness (QED) is 0.663. The molecule has 0 atom stereocenters. The molecule has 0 aliphatic rings. The van der Waals surface area contributed by atoms with Crippen LogP contribution >= 0.6 is 0 Å². The first-order valence-electron chi connectivity index (χ1n) is 8.17. The van der Waals surface area contributed by atoms with E-state index in [1.54, 1.807) is 6.07 Å². The number of halogens is 2. The Morgan fingerprint density at radius 2 is 1.78 bits per heavy atom. The maximum absolute atomic E-state index is 14.4. The smallest absolute Gasteiger partial charge is 0.169 e. The number of ether oxygens (including phenoxy) is 2. The molecule has 1 N–H and O–H groups in total. The summed E-state index contributed by atoms with van der Waals surface area (Å²) in [5.74, 6) is -0.198. The van der Waals surface area contributed by atoms with E-state index in [-0.39, 0.29) is 17.3 Å². The van der Waals surface area contributed by atoms with Crippen LogP contribution in [0.25, 0.3) is 0 Å². The number of methoxy groups -OCH3 is 1. The number of hydrogen-bond acceptors (Lipinski definition) is 5. The molecule has 0 aliphatic heterocycles. The summed E-state index contributed by atoms with van der Waals surface area (Å²) in [6.45, 7) is 0. The fourth-order valence-electron chi connectivity index (χ4n) is 2.40. The minimum atomic E-state index is -0.598. The maximum atomic E-state index is 14.4. The number of aromatic nitrogens is 1. The van der Waals surface area contributed by atoms with Crippen LogP contribution in [0, 0.1) is 11.6 Å². The number of nitrogens with zero attached hydrogens (tertiary/aromatic N) is 2. The third-order valence-corrected chi connectivity index (χ3v) is 3.80. The largest absolute Gasteiger partial charge is 0.494 e. The van der Waals surface area contributed by atoms with Gasteiger partial charge in [0, 0.05) is 43.7 Å². The van der Waals surface area contributed by atoms with Crippen LogP contribution in [0.3, 0.4) is 0 Å². The summed E-state index contributed by atoms with van der Waals surface area (Å²) in [6, 6.07) is 12.8. The van der Waals surface area contributed by atoms with Crippen molar-refractivity contribution in [1.29, 1.82) is 0 Å². The molecule has 0 fully saturated rings. The summed E-state index contributed by atoms with van der Waals surface area (Å²) < 4.78 is 38.4. The van der Waals surface area contributed by atoms with Crippen molar-refractivity contribution in [1.82, 2.24) is 4.98 Å². The predicted octanol–water partition coefficient (Wildman–Crippen LogP) is 4.97. The van der Waals surface area contributed by atoms with Crippen LogP contribution in [0.15, 0.2) is 54.7 Å². The van der Waals surface area contributed by atoms with Gasteiger partial charge in [0.2, 0.25) is 0 Å². The van der Waals surface area contributed by atoms with E-state index >= 15 is 0 Å². The molecule has 1 aromatic heterocycles. The third kappa shape index (κ3) is 4.44. The number of benzene rings is 2. The summed E-state index contributed by atoms with van der Waals surface area (Å²) in [5.41, 5.74) is 1.41. The van der Waals surface area contributed by atoms with Crippen molar-refractivity contribution >= 4 is 17.2 Å². The van der Waals surface area contributed by atoms with Gasteiger partial charge in [0.1, 0.15) is 11.5 Å². The van der Waals surface area contributed by atoms with Gasteiger partial charge in [0.25, 0.3) is 0 Å². The van der Waals surface area contributed by atoms with Crippen molar-refractivity contribution in [3.8, 4) is 17.2 Å². The van der Waals surface area contributed by atoms with Crippen LogP contribution in [0.1, 0.15) is 0 Å². The van der Waals surface area contributed by atoms with Crippen LogP contribution in [0.4, 0.5) is 26.0 Å². The minimum Gasteiger partial charge on any atom is -0.494 e. The van der Waals surface area contributed by atoms with E-state index in [9.17, 15) is 8.78 Å². The summed E-state index contributed by atoms with van der Waals surface area (Å²) in [4.78, 5) is 5.99. The molecule has 3 aromatic rings. The van der Waals surface area contributed by atoms with Crippen molar-refractivity contribution in [2.75, 3.05) is 31.4 Å². The molecule has 0 amide bonds. The van der Waals surface area contributed by atoms with Gasteiger partial charge in [0.05, 0.1) is 13.3 Å². The van der Waals surface area contributed by atoms with Crippen LogP contribution in [0.5, 0.6) is 17.2 Å². The number of rotatable bonds is 6. The maximum Gasteiger partial charge on any atom is 0.169 e. The van der Waals surface area contributed by atoms with Crippen molar-refractivity contribution < 1.29 is 18.3 Å². The van der Waals surface area contributed by atoms with Gasteiger partial charge in [-0.25, -0.2) is 13.8 Å². The van der Waals surface area contributed by atoms with Gasteiger partial charge in [-0.15, -0.1) is 0 Å². The van der Waals surface area contributed by atoms with E-state index in [2.05, 4.69) is 10.3 Å². The highest BCUT2D eigenvalue weighted by atomic mass is 19.1. The SMILES string of the molecule is COc1cc(Nc2ncc(Oc3cccc(N(C)C)c3)cc2F)ccc1F. The molecule has 0 saturated carbocycles. The molecule has 0 saturated heterocycles. The first-order valence-corrected chi connectivity index (χ1v) is 8.17. The molecule has 0 aliphatic carbocycles. The average Bonchev–Trinajstić information content (AvgIpc) is 2.65. The summed E-state index contributed by atoms with van der Waals surface area (Å²) in [7, 11) is 5.20. The van der Waals surface area contributed by atoms with Gasteiger partial charge >= 0.3 is 0 Å². The minimum absolute atomic E-state index is 0.00180. The number of nitrogens with one attached hydrogen (secondary N) is 1. The van der Waals surface area contributed by atoms with E-state index in [1.807, 2.05) is 37.2 Å². The van der Waals surface area contributed by atoms with Crippen molar-refractivity contribution in [2.45, 2.75) is 0 Å². The Hall–Kier alpha value is -3.35. The van der Waals surface area contributed by atoms with Gasteiger partial charge in [-0.2, -0.15) is 0 Å². The lowest BCUT2D eigenvalue weighted by Crippen LogP contribution is -2.08. The Morgan fingerprint density at radius 1 is 0.963 bits per heavy atom. The lowest BCUT2D eigenvalue weighted by molar-refractivity contribution is 0.387. The summed E-state index contributed by atoms with van der Waals surface area (Å²) in [5, 5.41) is 2.79. The van der Waals surface area contributed by atoms with Gasteiger partial charge < -0.3 is 19.7 Å². The van der Waals surface area contributed by atoms with Crippen molar-refractivity contribution in [3.05, 3.63) is 66.4 Å². The van der Waals surface area contributed by atoms with Gasteiger partial charge in [-0.05, 0) is 24.3 Å². The second-order valence-corrected chi connectivity index (χ2v) is 5.97. The first kappa shape index (κ1) is 18.4. The normalized spacial score (nSPS) is 10.4. The third-order valence-electron chi connectivity index (χ3n) is 3.80. The van der Waals surface area contributed by atoms with Crippen molar-refractivity contribution in [3.63, 3.8) is 0 Å². The second kappa shape index (κ2) is 7.90. The zero-order chi connectivity index (χ0) is 19.4. The molecule has 0 spiro atoms. The van der Waals surface area contributed by atoms with Crippen LogP contribution in [-0.4, -0.2) is 26.2 Å². The molecular formula is C20H19F2N3O2. The molecule has 0 radical (unpaired) electrons. The molecule has 3 rings (SSSR count). The standard InChI is InChI=1S/C20H19F2N3O2/c1-25(2)14-5-4-6-15(10-14)27-16-11-18(22)20(23-12-16)24-13-7-8-17(21)19(9-13)26-3/h4-12H,1-3H3,(H,23,24). The van der Waals surface area contributed by atoms with Gasteiger partial charge in [-0.1, -0.05) is 6.07 Å². The number of anilines is 3. The molecular weight excluding hydrogens is 352 g/mol. The molecule has 0 bridgehead atoms. The van der Waals surface area contributed by atoms with Gasteiger partial charge in [-0.3, -0.25) is 0 Å². The molecule has 0 unspecified atom stereocenters. The Balaban J connectivity index is 1.77. The lowest BCUT2D eigenvalue weighted by Gasteiger charge is -2.14. The predicted molar refractivity (Wildman–Crippen MR) is 101 cm³/mol. The Bertz CT molecular complexity index is 948. The fraction of sp³-hybridized carbons (Fsp3) is 0.150. The molecule has 1 heterocycles. The van der Waals surface area contributed by atoms with Crippen LogP contribution < -0.4 is 19.7 Å². The fourth-order valence-corrected chi connectivity index (χ4v) is 2.40. The monoisotopic (exact) mass is 371 g/mol. The molecule has 27 heavy (non-hydrogen) atoms. The van der Waals surface area contributed by atoms with E-state index in [0.717, 1.165) is 5.69 Å². The zero-order valence-electron chi connectivity index (χ0n) is 15.2. The molecule has 7 heteroatoms. The van der Waals surface area contributed by atoms with E-state index < -0.39 is 11.6 Å². The molecule has 140 valence electrons. The highest BCUT2D eigenvalue weighted by molar-refractivity contribution is 5.59. The first-order chi connectivity index (χ1) is 13.0. The van der Waals surface area contributed by atoms with E-state index in [0.29, 0.717) is 11.4 Å². The second-order valence-electron chi connectivity index (χ2n) is 5.97. The lowest BCUT2D eigenvalue weighted by atomic mass is 10.2. The Kier molecular flexibility index (Phi) is 5.40. The number of pyridine rings is 1. The van der Waals surface area contributed by atoms with Crippen LogP contribution in [-0.2, 0) is 0 Å². The van der Waals surface area contributed by atoms with Gasteiger partial charge in [0.15, 0.2) is 23.2 Å². The Labute approximate surface area is 156 Å². The summed E-state index contributed by atoms with van der Waals surface area (Å²) >= 11 is 0. The highest BCUT2D eigenvalue weighted by Crippen LogP contribution is 2.28. The average molecular weight is 371 g/mol. The van der Waals surface area contributed by atoms with E-state index in [4.69, 9.17) is 9.47 Å². The molecule has 5 nitrogen and oxygen atoms in total. The highest BCUT2D eigenvalue weighted by Gasteiger charge is 2.10. The molecule has 2 aromatic carbocycles. The van der Waals surface area contributed by atoms with E-state index in [1.165, 1.54) is 37.6 Å². The zero-order valence-corrected chi connectivity index (χ0v) is 15.2. The summed E-state index contributed by atoms with van der Waals surface area (Å²) in [6.07, 6.45) is 1.41. The number of hydrogen-bond donors (Lipinski definition) is 1. The topological polar surface area (TPSA) is 46.6 Å². The van der Waals surface area contributed by atoms with Crippen molar-refractivity contribution in [2.24, 2.45) is 0 Å². The Morgan fingerprint density at radius 3 is 2.48 bits per heavy atom.